The summed E-state index contributed by atoms with van der Waals surface area (Å²) < 4.78 is 9.31. The molecule has 1 rings (SSSR count). The molecular weight excluding hydrogens is 214 g/mol. The molecule has 1 atom stereocenters. The molecular formula is C10H15NO5. The van der Waals surface area contributed by atoms with E-state index in [-0.39, 0.29) is 13.0 Å². The van der Waals surface area contributed by atoms with Gasteiger partial charge in [-0.3, -0.25) is 9.59 Å². The van der Waals surface area contributed by atoms with Gasteiger partial charge >= 0.3 is 18.0 Å². The predicted molar refractivity (Wildman–Crippen MR) is 53.4 cm³/mol. The number of carbonyl (C=O) groups excluding carboxylic acids is 3. The zero-order valence-electron chi connectivity index (χ0n) is 9.53. The zero-order chi connectivity index (χ0) is 12.3. The molecule has 0 aliphatic carbocycles. The Bertz CT molecular complexity index is 318. The molecule has 0 aromatic carbocycles. The van der Waals surface area contributed by atoms with Crippen LogP contribution in [0.2, 0.25) is 0 Å². The average Bonchev–Trinajstić information content (AvgIpc) is 2.38. The van der Waals surface area contributed by atoms with Gasteiger partial charge < -0.3 is 14.8 Å². The second-order valence-corrected chi connectivity index (χ2v) is 4.58. The van der Waals surface area contributed by atoms with Crippen LogP contribution in [0.3, 0.4) is 0 Å². The first-order valence-electron chi connectivity index (χ1n) is 4.99. The molecule has 1 heterocycles. The summed E-state index contributed by atoms with van der Waals surface area (Å²) >= 11 is 0. The second kappa shape index (κ2) is 4.51. The Labute approximate surface area is 93.3 Å². The maximum Gasteiger partial charge on any atom is 0.407 e. The molecule has 0 aromatic rings. The summed E-state index contributed by atoms with van der Waals surface area (Å²) in [6.07, 6.45) is -0.603. The number of alkyl carbamates (subject to hydrolysis) is 1. The van der Waals surface area contributed by atoms with Gasteiger partial charge in [0.1, 0.15) is 5.60 Å². The first-order valence-corrected chi connectivity index (χ1v) is 4.99. The molecule has 1 saturated heterocycles. The topological polar surface area (TPSA) is 81.7 Å². The third-order valence-corrected chi connectivity index (χ3v) is 1.85. The lowest BCUT2D eigenvalue weighted by Gasteiger charge is -2.20. The molecule has 16 heavy (non-hydrogen) atoms. The van der Waals surface area contributed by atoms with Gasteiger partial charge in [0.15, 0.2) is 0 Å². The minimum absolute atomic E-state index is 0.00856. The van der Waals surface area contributed by atoms with E-state index in [0.29, 0.717) is 0 Å². The summed E-state index contributed by atoms with van der Waals surface area (Å²) in [6.45, 7) is 5.26. The van der Waals surface area contributed by atoms with Crippen molar-refractivity contribution >= 4 is 18.0 Å². The Morgan fingerprint density at radius 2 is 2.12 bits per heavy atom. The van der Waals surface area contributed by atoms with Crippen molar-refractivity contribution in [2.75, 3.05) is 6.54 Å². The highest BCUT2D eigenvalue weighted by molar-refractivity contribution is 5.94. The fourth-order valence-corrected chi connectivity index (χ4v) is 1.20. The van der Waals surface area contributed by atoms with Crippen LogP contribution >= 0.6 is 0 Å². The molecule has 0 radical (unpaired) electrons. The lowest BCUT2D eigenvalue weighted by molar-refractivity contribution is -0.153. The number of carbonyl (C=O) groups is 3. The van der Waals surface area contributed by atoms with Gasteiger partial charge in [0.25, 0.3) is 0 Å². The van der Waals surface area contributed by atoms with Gasteiger partial charge in [0.2, 0.25) is 0 Å². The van der Waals surface area contributed by atoms with E-state index in [4.69, 9.17) is 4.74 Å². The highest BCUT2D eigenvalue weighted by Gasteiger charge is 2.33. The zero-order valence-corrected chi connectivity index (χ0v) is 9.53. The highest BCUT2D eigenvalue weighted by atomic mass is 16.6. The van der Waals surface area contributed by atoms with E-state index in [1.807, 2.05) is 0 Å². The van der Waals surface area contributed by atoms with Gasteiger partial charge in [0, 0.05) is 6.54 Å². The lowest BCUT2D eigenvalue weighted by Crippen LogP contribution is -2.36. The van der Waals surface area contributed by atoms with Gasteiger partial charge in [-0.25, -0.2) is 4.79 Å². The Morgan fingerprint density at radius 1 is 1.50 bits per heavy atom. The maximum atomic E-state index is 11.2. The first kappa shape index (κ1) is 12.5. The van der Waals surface area contributed by atoms with Crippen LogP contribution in [-0.4, -0.2) is 30.2 Å². The molecule has 0 bridgehead atoms. The number of ether oxygens (including phenoxy) is 2. The molecule has 1 fully saturated rings. The smallest absolute Gasteiger partial charge is 0.407 e. The van der Waals surface area contributed by atoms with Crippen molar-refractivity contribution in [1.82, 2.24) is 5.32 Å². The van der Waals surface area contributed by atoms with Crippen LogP contribution in [0.25, 0.3) is 0 Å². The number of hydrogen-bond donors (Lipinski definition) is 1. The molecule has 90 valence electrons. The van der Waals surface area contributed by atoms with Crippen molar-refractivity contribution < 1.29 is 23.9 Å². The molecule has 0 aromatic heterocycles. The van der Waals surface area contributed by atoms with E-state index < -0.39 is 29.6 Å². The molecule has 1 amide bonds. The summed E-state index contributed by atoms with van der Waals surface area (Å²) in [4.78, 5) is 33.0. The van der Waals surface area contributed by atoms with Crippen molar-refractivity contribution in [2.45, 2.75) is 32.8 Å². The van der Waals surface area contributed by atoms with E-state index in [2.05, 4.69) is 10.1 Å². The van der Waals surface area contributed by atoms with Crippen LogP contribution in [0.15, 0.2) is 0 Å². The van der Waals surface area contributed by atoms with Crippen LogP contribution in [-0.2, 0) is 19.1 Å². The highest BCUT2D eigenvalue weighted by Crippen LogP contribution is 2.15. The molecule has 0 saturated carbocycles. The largest absolute Gasteiger partial charge is 0.444 e. The second-order valence-electron chi connectivity index (χ2n) is 4.58. The molecule has 1 unspecified atom stereocenters. The minimum atomic E-state index is -0.611. The van der Waals surface area contributed by atoms with Crippen molar-refractivity contribution in [2.24, 2.45) is 5.92 Å². The maximum absolute atomic E-state index is 11.2. The fourth-order valence-electron chi connectivity index (χ4n) is 1.20. The average molecular weight is 229 g/mol. The van der Waals surface area contributed by atoms with Gasteiger partial charge in [-0.2, -0.15) is 0 Å². The summed E-state index contributed by atoms with van der Waals surface area (Å²) in [5.74, 6) is -1.75. The molecule has 1 aliphatic rings. The third-order valence-electron chi connectivity index (χ3n) is 1.85. The third kappa shape index (κ3) is 3.88. The lowest BCUT2D eigenvalue weighted by atomic mass is 10.1. The number of rotatable bonds is 2. The van der Waals surface area contributed by atoms with Crippen LogP contribution in [0, 0.1) is 5.92 Å². The monoisotopic (exact) mass is 229 g/mol. The SMILES string of the molecule is CC(C)(C)OC(=O)NCC1CC(=O)OC1=O. The molecule has 6 nitrogen and oxygen atoms in total. The summed E-state index contributed by atoms with van der Waals surface area (Å²) in [5.41, 5.74) is -0.587. The van der Waals surface area contributed by atoms with Crippen molar-refractivity contribution in [3.63, 3.8) is 0 Å². The summed E-state index contributed by atoms with van der Waals surface area (Å²) in [6, 6.07) is 0. The van der Waals surface area contributed by atoms with E-state index in [9.17, 15) is 14.4 Å². The van der Waals surface area contributed by atoms with E-state index in [1.54, 1.807) is 20.8 Å². The predicted octanol–water partition coefficient (Wildman–Crippen LogP) is 0.601. The van der Waals surface area contributed by atoms with Gasteiger partial charge in [-0.05, 0) is 20.8 Å². The van der Waals surface area contributed by atoms with Crippen molar-refractivity contribution in [3.8, 4) is 0 Å². The summed E-state index contributed by atoms with van der Waals surface area (Å²) in [7, 11) is 0. The van der Waals surface area contributed by atoms with Crippen LogP contribution in [0.1, 0.15) is 27.2 Å². The van der Waals surface area contributed by atoms with Crippen molar-refractivity contribution in [3.05, 3.63) is 0 Å². The van der Waals surface area contributed by atoms with E-state index in [0.717, 1.165) is 0 Å². The normalized spacial score (nSPS) is 20.6. The Hall–Kier alpha value is -1.59. The molecule has 1 N–H and O–H groups in total. The Morgan fingerprint density at radius 3 is 2.56 bits per heavy atom. The number of hydrogen-bond acceptors (Lipinski definition) is 5. The number of nitrogens with one attached hydrogen (secondary N) is 1. The molecule has 1 aliphatic heterocycles. The standard InChI is InChI=1S/C10H15NO5/c1-10(2,3)16-9(14)11-5-6-4-7(12)15-8(6)13/h6H,4-5H2,1-3H3,(H,11,14). The minimum Gasteiger partial charge on any atom is -0.444 e. The number of cyclic esters (lactones) is 2. The summed E-state index contributed by atoms with van der Waals surface area (Å²) in [5, 5.41) is 2.42. The van der Waals surface area contributed by atoms with Crippen molar-refractivity contribution in [1.29, 1.82) is 0 Å². The van der Waals surface area contributed by atoms with Crippen LogP contribution in [0.4, 0.5) is 4.79 Å². The van der Waals surface area contributed by atoms with Crippen LogP contribution in [0.5, 0.6) is 0 Å². The number of amides is 1. The van der Waals surface area contributed by atoms with Crippen LogP contribution < -0.4 is 5.32 Å². The van der Waals surface area contributed by atoms with Gasteiger partial charge in [-0.1, -0.05) is 0 Å². The fraction of sp³-hybridized carbons (Fsp3) is 0.700. The van der Waals surface area contributed by atoms with Gasteiger partial charge in [-0.15, -0.1) is 0 Å². The van der Waals surface area contributed by atoms with E-state index >= 15 is 0 Å². The van der Waals surface area contributed by atoms with Gasteiger partial charge in [0.05, 0.1) is 12.3 Å². The molecule has 0 spiro atoms. The Kier molecular flexibility index (Phi) is 3.51. The first-order chi connectivity index (χ1) is 7.28. The number of esters is 2. The van der Waals surface area contributed by atoms with E-state index in [1.165, 1.54) is 0 Å². The quantitative estimate of drug-likeness (QED) is 0.554. The molecule has 6 heteroatoms. The Balaban J connectivity index is 2.32.